The fraction of sp³-hybridized carbons (Fsp3) is 0.650. The largest absolute Gasteiger partial charge is 0.493 e. The highest BCUT2D eigenvalue weighted by atomic mass is 19.4. The fourth-order valence-electron chi connectivity index (χ4n) is 2.56. The summed E-state index contributed by atoms with van der Waals surface area (Å²) in [5, 5.41) is 6.45. The van der Waals surface area contributed by atoms with Crippen molar-refractivity contribution in [3.05, 3.63) is 23.8 Å². The molecule has 0 amide bonds. The zero-order valence-corrected chi connectivity index (χ0v) is 18.1. The van der Waals surface area contributed by atoms with Crippen molar-refractivity contribution in [2.45, 2.75) is 26.1 Å². The Morgan fingerprint density at radius 3 is 2.53 bits per heavy atom. The van der Waals surface area contributed by atoms with Gasteiger partial charge in [-0.2, -0.15) is 13.2 Å². The molecule has 0 saturated carbocycles. The third kappa shape index (κ3) is 11.1. The van der Waals surface area contributed by atoms with Crippen molar-refractivity contribution in [3.63, 3.8) is 0 Å². The van der Waals surface area contributed by atoms with Crippen molar-refractivity contribution >= 4 is 5.96 Å². The van der Waals surface area contributed by atoms with Crippen LogP contribution in [0.15, 0.2) is 23.2 Å². The van der Waals surface area contributed by atoms with Crippen molar-refractivity contribution in [2.24, 2.45) is 4.99 Å². The molecule has 0 heterocycles. The number of benzene rings is 1. The first-order chi connectivity index (χ1) is 14.3. The molecule has 30 heavy (non-hydrogen) atoms. The molecule has 0 aliphatic rings. The second-order valence-electron chi connectivity index (χ2n) is 6.66. The number of aliphatic imine (C=N–C) groups is 1. The van der Waals surface area contributed by atoms with E-state index >= 15 is 0 Å². The van der Waals surface area contributed by atoms with Gasteiger partial charge >= 0.3 is 6.18 Å². The SMILES string of the molecule is CCNC(=NCc1ccc(OCC(F)(F)F)c(OC)c1)NCCN(C)CCCOC. The van der Waals surface area contributed by atoms with Crippen molar-refractivity contribution < 1.29 is 27.4 Å². The summed E-state index contributed by atoms with van der Waals surface area (Å²) in [5.74, 6) is 0.950. The number of hydrogen-bond acceptors (Lipinski definition) is 5. The lowest BCUT2D eigenvalue weighted by Crippen LogP contribution is -2.41. The summed E-state index contributed by atoms with van der Waals surface area (Å²) in [4.78, 5) is 6.73. The van der Waals surface area contributed by atoms with Crippen LogP contribution in [0.2, 0.25) is 0 Å². The number of nitrogens with zero attached hydrogens (tertiary/aromatic N) is 2. The molecule has 0 spiro atoms. The number of hydrogen-bond donors (Lipinski definition) is 2. The smallest absolute Gasteiger partial charge is 0.422 e. The highest BCUT2D eigenvalue weighted by Crippen LogP contribution is 2.30. The molecule has 172 valence electrons. The van der Waals surface area contributed by atoms with Gasteiger partial charge in [-0.1, -0.05) is 6.07 Å². The normalized spacial score (nSPS) is 12.2. The molecule has 1 aromatic carbocycles. The molecule has 0 bridgehead atoms. The molecule has 2 N–H and O–H groups in total. The van der Waals surface area contributed by atoms with Crippen molar-refractivity contribution in [1.29, 1.82) is 0 Å². The number of alkyl halides is 3. The lowest BCUT2D eigenvalue weighted by atomic mass is 10.2. The quantitative estimate of drug-likeness (QED) is 0.283. The molecule has 0 aliphatic heterocycles. The van der Waals surface area contributed by atoms with E-state index in [1.807, 2.05) is 6.92 Å². The lowest BCUT2D eigenvalue weighted by molar-refractivity contribution is -0.153. The van der Waals surface area contributed by atoms with Crippen LogP contribution in [0.1, 0.15) is 18.9 Å². The Morgan fingerprint density at radius 1 is 1.13 bits per heavy atom. The number of nitrogens with one attached hydrogen (secondary N) is 2. The minimum Gasteiger partial charge on any atom is -0.493 e. The molecule has 0 aromatic heterocycles. The first-order valence-corrected chi connectivity index (χ1v) is 9.85. The van der Waals surface area contributed by atoms with E-state index in [1.54, 1.807) is 19.2 Å². The third-order valence-electron chi connectivity index (χ3n) is 4.06. The lowest BCUT2D eigenvalue weighted by Gasteiger charge is -2.18. The third-order valence-corrected chi connectivity index (χ3v) is 4.06. The number of likely N-dealkylation sites (N-methyl/N-ethyl adjacent to an activating group) is 1. The van der Waals surface area contributed by atoms with Gasteiger partial charge in [0, 0.05) is 39.9 Å². The molecule has 0 aliphatic carbocycles. The Morgan fingerprint density at radius 2 is 1.90 bits per heavy atom. The summed E-state index contributed by atoms with van der Waals surface area (Å²) in [6.07, 6.45) is -3.43. The zero-order valence-electron chi connectivity index (χ0n) is 18.1. The predicted octanol–water partition coefficient (Wildman–Crippen LogP) is 2.66. The highest BCUT2D eigenvalue weighted by molar-refractivity contribution is 5.79. The minimum absolute atomic E-state index is 0.0455. The van der Waals surface area contributed by atoms with Crippen molar-refractivity contribution in [3.8, 4) is 11.5 Å². The van der Waals surface area contributed by atoms with Gasteiger partial charge in [-0.3, -0.25) is 0 Å². The van der Waals surface area contributed by atoms with Gasteiger partial charge in [-0.15, -0.1) is 0 Å². The van der Waals surface area contributed by atoms with E-state index in [2.05, 4.69) is 27.6 Å². The van der Waals surface area contributed by atoms with E-state index in [1.165, 1.54) is 13.2 Å². The number of guanidine groups is 1. The van der Waals surface area contributed by atoms with E-state index < -0.39 is 12.8 Å². The topological polar surface area (TPSA) is 67.4 Å². The van der Waals surface area contributed by atoms with Crippen LogP contribution in [0.3, 0.4) is 0 Å². The molecule has 1 aromatic rings. The summed E-state index contributed by atoms with van der Waals surface area (Å²) in [5.41, 5.74) is 0.792. The van der Waals surface area contributed by atoms with E-state index in [0.29, 0.717) is 19.0 Å². The van der Waals surface area contributed by atoms with Crippen molar-refractivity contribution in [1.82, 2.24) is 15.5 Å². The fourth-order valence-corrected chi connectivity index (χ4v) is 2.56. The van der Waals surface area contributed by atoms with Gasteiger partial charge < -0.3 is 29.7 Å². The van der Waals surface area contributed by atoms with Crippen LogP contribution in [-0.4, -0.2) is 77.7 Å². The van der Waals surface area contributed by atoms with Gasteiger partial charge in [-0.25, -0.2) is 4.99 Å². The number of halogens is 3. The van der Waals surface area contributed by atoms with Gasteiger partial charge in [0.25, 0.3) is 0 Å². The van der Waals surface area contributed by atoms with Gasteiger partial charge in [0.05, 0.1) is 13.7 Å². The molecular formula is C20H33F3N4O3. The number of rotatable bonds is 13. The van der Waals surface area contributed by atoms with E-state index in [4.69, 9.17) is 14.2 Å². The summed E-state index contributed by atoms with van der Waals surface area (Å²) < 4.78 is 52.1. The van der Waals surface area contributed by atoms with Crippen LogP contribution in [0, 0.1) is 0 Å². The van der Waals surface area contributed by atoms with E-state index in [9.17, 15) is 13.2 Å². The van der Waals surface area contributed by atoms with Crippen LogP contribution in [0.5, 0.6) is 11.5 Å². The molecule has 1 rings (SSSR count). The second kappa shape index (κ2) is 13.9. The Kier molecular flexibility index (Phi) is 12.0. The van der Waals surface area contributed by atoms with Crippen LogP contribution in [-0.2, 0) is 11.3 Å². The number of methoxy groups -OCH3 is 2. The van der Waals surface area contributed by atoms with E-state index in [0.717, 1.165) is 38.2 Å². The van der Waals surface area contributed by atoms with Gasteiger partial charge in [0.1, 0.15) is 0 Å². The standard InChI is InChI=1S/C20H33F3N4O3/c1-5-24-19(25-9-11-27(2)10-6-12-28-3)26-14-16-7-8-17(18(13-16)29-4)30-15-20(21,22)23/h7-8,13H,5-6,9-12,14-15H2,1-4H3,(H2,24,25,26). The minimum atomic E-state index is -4.40. The molecule has 0 unspecified atom stereocenters. The maximum atomic E-state index is 12.4. The average Bonchev–Trinajstić information content (AvgIpc) is 2.70. The van der Waals surface area contributed by atoms with Gasteiger partial charge in [0.2, 0.25) is 0 Å². The first kappa shape index (κ1) is 25.8. The number of ether oxygens (including phenoxy) is 3. The summed E-state index contributed by atoms with van der Waals surface area (Å²) in [6.45, 7) is 4.93. The Labute approximate surface area is 176 Å². The summed E-state index contributed by atoms with van der Waals surface area (Å²) in [6, 6.07) is 4.76. The first-order valence-electron chi connectivity index (χ1n) is 9.85. The van der Waals surface area contributed by atoms with Crippen LogP contribution >= 0.6 is 0 Å². The molecule has 0 saturated heterocycles. The van der Waals surface area contributed by atoms with Gasteiger partial charge in [-0.05, 0) is 38.1 Å². The molecular weight excluding hydrogens is 401 g/mol. The molecule has 10 heteroatoms. The summed E-state index contributed by atoms with van der Waals surface area (Å²) in [7, 11) is 5.13. The van der Waals surface area contributed by atoms with Crippen molar-refractivity contribution in [2.75, 3.05) is 60.7 Å². The highest BCUT2D eigenvalue weighted by Gasteiger charge is 2.29. The van der Waals surface area contributed by atoms with Crippen LogP contribution < -0.4 is 20.1 Å². The maximum absolute atomic E-state index is 12.4. The second-order valence-corrected chi connectivity index (χ2v) is 6.66. The average molecular weight is 435 g/mol. The van der Waals surface area contributed by atoms with Gasteiger partial charge in [0.15, 0.2) is 24.1 Å². The van der Waals surface area contributed by atoms with E-state index in [-0.39, 0.29) is 11.5 Å². The molecule has 0 atom stereocenters. The zero-order chi connectivity index (χ0) is 22.4. The molecule has 0 radical (unpaired) electrons. The van der Waals surface area contributed by atoms with Crippen LogP contribution in [0.25, 0.3) is 0 Å². The Balaban J connectivity index is 2.62. The predicted molar refractivity (Wildman–Crippen MR) is 111 cm³/mol. The maximum Gasteiger partial charge on any atom is 0.422 e. The molecule has 7 nitrogen and oxygen atoms in total. The monoisotopic (exact) mass is 434 g/mol. The Hall–Kier alpha value is -2.20. The Bertz CT molecular complexity index is 642. The van der Waals surface area contributed by atoms with Crippen LogP contribution in [0.4, 0.5) is 13.2 Å². The summed E-state index contributed by atoms with van der Waals surface area (Å²) >= 11 is 0. The molecule has 0 fully saturated rings.